The van der Waals surface area contributed by atoms with Gasteiger partial charge >= 0.3 is 0 Å². The monoisotopic (exact) mass is 322 g/mol. The predicted octanol–water partition coefficient (Wildman–Crippen LogP) is 3.66. The highest BCUT2D eigenvalue weighted by atomic mass is 79.9. The third kappa shape index (κ3) is 3.24. The molecule has 4 nitrogen and oxygen atoms in total. The van der Waals surface area contributed by atoms with E-state index in [1.54, 1.807) is 13.3 Å². The summed E-state index contributed by atoms with van der Waals surface area (Å²) in [6.07, 6.45) is 1.68. The van der Waals surface area contributed by atoms with Crippen LogP contribution in [0.1, 0.15) is 18.5 Å². The summed E-state index contributed by atoms with van der Waals surface area (Å²) in [7, 11) is 1.62. The zero-order chi connectivity index (χ0) is 13.8. The number of halogens is 1. The molecule has 0 aliphatic carbocycles. The molecule has 0 aliphatic rings. The Morgan fingerprint density at radius 3 is 2.74 bits per heavy atom. The van der Waals surface area contributed by atoms with E-state index in [2.05, 4.69) is 20.9 Å². The van der Waals surface area contributed by atoms with E-state index in [0.29, 0.717) is 11.6 Å². The molecule has 0 amide bonds. The van der Waals surface area contributed by atoms with Crippen LogP contribution in [0.4, 0.5) is 0 Å². The summed E-state index contributed by atoms with van der Waals surface area (Å²) in [6, 6.07) is 9.10. The average molecular weight is 323 g/mol. The Balaban J connectivity index is 2.31. The molecular weight excluding hydrogens is 308 g/mol. The van der Waals surface area contributed by atoms with Crippen LogP contribution < -0.4 is 15.2 Å². The fourth-order valence-corrected chi connectivity index (χ4v) is 2.07. The van der Waals surface area contributed by atoms with Crippen molar-refractivity contribution < 1.29 is 9.47 Å². The second-order valence-electron chi connectivity index (χ2n) is 4.08. The summed E-state index contributed by atoms with van der Waals surface area (Å²) in [6.45, 7) is 1.90. The number of pyridine rings is 1. The quantitative estimate of drug-likeness (QED) is 0.933. The molecule has 5 heteroatoms. The second-order valence-corrected chi connectivity index (χ2v) is 4.94. The lowest BCUT2D eigenvalue weighted by molar-refractivity contribution is 0.410. The number of rotatable bonds is 4. The van der Waals surface area contributed by atoms with E-state index in [4.69, 9.17) is 15.2 Å². The van der Waals surface area contributed by atoms with Gasteiger partial charge in [0.25, 0.3) is 0 Å². The van der Waals surface area contributed by atoms with Gasteiger partial charge in [-0.2, -0.15) is 0 Å². The molecule has 0 fully saturated rings. The lowest BCUT2D eigenvalue weighted by Crippen LogP contribution is -2.07. The minimum atomic E-state index is -0.138. The van der Waals surface area contributed by atoms with E-state index in [0.717, 1.165) is 15.8 Å². The number of nitrogens with zero attached hydrogens (tertiary/aromatic N) is 1. The second kappa shape index (κ2) is 6.04. The van der Waals surface area contributed by atoms with Crippen molar-refractivity contribution in [3.05, 3.63) is 46.6 Å². The van der Waals surface area contributed by atoms with Gasteiger partial charge in [-0.25, -0.2) is 4.98 Å². The first-order valence-corrected chi connectivity index (χ1v) is 6.63. The van der Waals surface area contributed by atoms with Crippen LogP contribution in [0.15, 0.2) is 41.0 Å². The van der Waals surface area contributed by atoms with Gasteiger partial charge in [0.05, 0.1) is 11.6 Å². The molecule has 1 heterocycles. The molecule has 0 spiro atoms. The summed E-state index contributed by atoms with van der Waals surface area (Å²) in [4.78, 5) is 4.22. The minimum absolute atomic E-state index is 0.138. The molecule has 0 saturated heterocycles. The topological polar surface area (TPSA) is 57.4 Å². The molecule has 1 aromatic carbocycles. The van der Waals surface area contributed by atoms with Crippen molar-refractivity contribution in [3.8, 4) is 17.4 Å². The molecule has 100 valence electrons. The number of hydrogen-bond donors (Lipinski definition) is 1. The predicted molar refractivity (Wildman–Crippen MR) is 77.6 cm³/mol. The molecule has 0 saturated carbocycles. The average Bonchev–Trinajstić information content (AvgIpc) is 2.41. The van der Waals surface area contributed by atoms with Gasteiger partial charge in [-0.05, 0) is 47.1 Å². The number of methoxy groups -OCH3 is 1. The van der Waals surface area contributed by atoms with Gasteiger partial charge < -0.3 is 15.2 Å². The summed E-state index contributed by atoms with van der Waals surface area (Å²) in [5, 5.41) is 0. The maximum Gasteiger partial charge on any atom is 0.224 e. The largest absolute Gasteiger partial charge is 0.497 e. The molecule has 0 bridgehead atoms. The van der Waals surface area contributed by atoms with Crippen LogP contribution in [0.3, 0.4) is 0 Å². The highest BCUT2D eigenvalue weighted by Gasteiger charge is 2.11. The van der Waals surface area contributed by atoms with Gasteiger partial charge in [-0.3, -0.25) is 0 Å². The van der Waals surface area contributed by atoms with Crippen molar-refractivity contribution in [2.45, 2.75) is 13.0 Å². The Labute approximate surface area is 120 Å². The van der Waals surface area contributed by atoms with Gasteiger partial charge in [0.1, 0.15) is 11.5 Å². The summed E-state index contributed by atoms with van der Waals surface area (Å²) >= 11 is 3.44. The Bertz CT molecular complexity index is 573. The van der Waals surface area contributed by atoms with Gasteiger partial charge in [0.15, 0.2) is 0 Å². The summed E-state index contributed by atoms with van der Waals surface area (Å²) in [5.41, 5.74) is 6.77. The van der Waals surface area contributed by atoms with Crippen LogP contribution in [0.2, 0.25) is 0 Å². The smallest absolute Gasteiger partial charge is 0.224 e. The Morgan fingerprint density at radius 1 is 1.32 bits per heavy atom. The van der Waals surface area contributed by atoms with Crippen LogP contribution in [0.25, 0.3) is 0 Å². The molecule has 2 N–H and O–H groups in total. The maximum absolute atomic E-state index is 5.90. The third-order valence-corrected chi connectivity index (χ3v) is 3.26. The Hall–Kier alpha value is -1.59. The summed E-state index contributed by atoms with van der Waals surface area (Å²) < 4.78 is 11.7. The van der Waals surface area contributed by atoms with E-state index >= 15 is 0 Å². The fourth-order valence-electron chi connectivity index (χ4n) is 1.63. The third-order valence-electron chi connectivity index (χ3n) is 2.64. The molecule has 1 atom stereocenters. The molecular formula is C14H15BrN2O2. The maximum atomic E-state index is 5.90. The SMILES string of the molecule is COc1ccc(Oc2ncccc2C(C)N)c(Br)c1. The van der Waals surface area contributed by atoms with Crippen molar-refractivity contribution in [1.29, 1.82) is 0 Å². The molecule has 2 rings (SSSR count). The van der Waals surface area contributed by atoms with E-state index in [9.17, 15) is 0 Å². The van der Waals surface area contributed by atoms with E-state index in [-0.39, 0.29) is 6.04 Å². The van der Waals surface area contributed by atoms with Crippen molar-refractivity contribution in [2.24, 2.45) is 5.73 Å². The Kier molecular flexibility index (Phi) is 4.39. The van der Waals surface area contributed by atoms with Crippen molar-refractivity contribution in [1.82, 2.24) is 4.98 Å². The van der Waals surface area contributed by atoms with E-state index in [1.807, 2.05) is 37.3 Å². The number of aromatic nitrogens is 1. The zero-order valence-electron chi connectivity index (χ0n) is 10.8. The molecule has 1 unspecified atom stereocenters. The molecule has 0 radical (unpaired) electrons. The van der Waals surface area contributed by atoms with E-state index in [1.165, 1.54) is 0 Å². The van der Waals surface area contributed by atoms with Crippen molar-refractivity contribution in [3.63, 3.8) is 0 Å². The standard InChI is InChI=1S/C14H15BrN2O2/c1-9(16)11-4-3-7-17-14(11)19-13-6-5-10(18-2)8-12(13)15/h3-9H,16H2,1-2H3. The van der Waals surface area contributed by atoms with Gasteiger partial charge in [0, 0.05) is 17.8 Å². The lowest BCUT2D eigenvalue weighted by atomic mass is 10.1. The Morgan fingerprint density at radius 2 is 2.11 bits per heavy atom. The molecule has 2 aromatic rings. The first-order valence-electron chi connectivity index (χ1n) is 5.83. The highest BCUT2D eigenvalue weighted by molar-refractivity contribution is 9.10. The van der Waals surface area contributed by atoms with Crippen LogP contribution in [0, 0.1) is 0 Å². The number of benzene rings is 1. The first kappa shape index (κ1) is 13.8. The first-order chi connectivity index (χ1) is 9.11. The fraction of sp³-hybridized carbons (Fsp3) is 0.214. The normalized spacial score (nSPS) is 12.0. The lowest BCUT2D eigenvalue weighted by Gasteiger charge is -2.13. The van der Waals surface area contributed by atoms with Gasteiger partial charge in [-0.1, -0.05) is 6.07 Å². The van der Waals surface area contributed by atoms with Crippen LogP contribution in [-0.2, 0) is 0 Å². The van der Waals surface area contributed by atoms with Gasteiger partial charge in [-0.15, -0.1) is 0 Å². The number of nitrogens with two attached hydrogens (primary N) is 1. The molecule has 1 aromatic heterocycles. The minimum Gasteiger partial charge on any atom is -0.497 e. The highest BCUT2D eigenvalue weighted by Crippen LogP contribution is 2.34. The molecule has 0 aliphatic heterocycles. The van der Waals surface area contributed by atoms with Gasteiger partial charge in [0.2, 0.25) is 5.88 Å². The number of ether oxygens (including phenoxy) is 2. The van der Waals surface area contributed by atoms with Crippen LogP contribution in [-0.4, -0.2) is 12.1 Å². The van der Waals surface area contributed by atoms with Crippen molar-refractivity contribution in [2.75, 3.05) is 7.11 Å². The molecule has 19 heavy (non-hydrogen) atoms. The summed E-state index contributed by atoms with van der Waals surface area (Å²) in [5.74, 6) is 1.94. The van der Waals surface area contributed by atoms with Crippen molar-refractivity contribution >= 4 is 15.9 Å². The van der Waals surface area contributed by atoms with Crippen LogP contribution >= 0.6 is 15.9 Å². The zero-order valence-corrected chi connectivity index (χ0v) is 12.3. The van der Waals surface area contributed by atoms with E-state index < -0.39 is 0 Å². The number of hydrogen-bond acceptors (Lipinski definition) is 4. The van der Waals surface area contributed by atoms with Crippen LogP contribution in [0.5, 0.6) is 17.4 Å².